The summed E-state index contributed by atoms with van der Waals surface area (Å²) >= 11 is 0. The van der Waals surface area contributed by atoms with E-state index in [0.29, 0.717) is 17.6 Å². The van der Waals surface area contributed by atoms with Gasteiger partial charge in [-0.1, -0.05) is 12.1 Å². The summed E-state index contributed by atoms with van der Waals surface area (Å²) < 4.78 is 50.8. The maximum atomic E-state index is 13.4. The highest BCUT2D eigenvalue weighted by Crippen LogP contribution is 2.38. The number of amides is 1. The molecule has 0 radical (unpaired) electrons. The summed E-state index contributed by atoms with van der Waals surface area (Å²) in [4.78, 5) is 19.6. The minimum atomic E-state index is -4.75. The van der Waals surface area contributed by atoms with E-state index in [0.717, 1.165) is 0 Å². The largest absolute Gasteiger partial charge is 0.497 e. The van der Waals surface area contributed by atoms with Crippen molar-refractivity contribution in [3.8, 4) is 17.4 Å². The van der Waals surface area contributed by atoms with Crippen molar-refractivity contribution in [2.45, 2.75) is 6.18 Å². The number of benzene rings is 2. The van der Waals surface area contributed by atoms with Crippen molar-refractivity contribution < 1.29 is 27.4 Å². The van der Waals surface area contributed by atoms with Crippen LogP contribution in [0.1, 0.15) is 15.9 Å². The average Bonchev–Trinajstić information content (AvgIpc) is 2.73. The Morgan fingerprint density at radius 1 is 1.07 bits per heavy atom. The number of methoxy groups -OCH3 is 1. The van der Waals surface area contributed by atoms with Gasteiger partial charge in [0.05, 0.1) is 12.7 Å². The number of hydrogen-bond donors (Lipinski definition) is 2. The first-order chi connectivity index (χ1) is 14.3. The molecule has 0 aliphatic rings. The monoisotopic (exact) mass is 418 g/mol. The van der Waals surface area contributed by atoms with E-state index in [-0.39, 0.29) is 17.3 Å². The van der Waals surface area contributed by atoms with Gasteiger partial charge in [0.25, 0.3) is 5.91 Å². The predicted molar refractivity (Wildman–Crippen MR) is 103 cm³/mol. The van der Waals surface area contributed by atoms with Crippen LogP contribution >= 0.6 is 0 Å². The van der Waals surface area contributed by atoms with Crippen molar-refractivity contribution in [1.82, 2.24) is 15.3 Å². The third kappa shape index (κ3) is 4.77. The molecule has 0 atom stereocenters. The van der Waals surface area contributed by atoms with Crippen LogP contribution in [0.3, 0.4) is 0 Å². The van der Waals surface area contributed by atoms with Gasteiger partial charge in [0.1, 0.15) is 17.1 Å². The molecule has 0 bridgehead atoms. The van der Waals surface area contributed by atoms with E-state index >= 15 is 0 Å². The molecule has 3 rings (SSSR count). The predicted octanol–water partition coefficient (Wildman–Crippen LogP) is 4.40. The number of halogens is 3. The van der Waals surface area contributed by atoms with Crippen molar-refractivity contribution in [3.05, 3.63) is 65.9 Å². The smallest absolute Gasteiger partial charge is 0.423 e. The van der Waals surface area contributed by atoms with Crippen LogP contribution in [0.2, 0.25) is 0 Å². The van der Waals surface area contributed by atoms with E-state index in [1.165, 1.54) is 32.4 Å². The van der Waals surface area contributed by atoms with E-state index in [2.05, 4.69) is 20.6 Å². The van der Waals surface area contributed by atoms with Crippen molar-refractivity contribution in [3.63, 3.8) is 0 Å². The van der Waals surface area contributed by atoms with Crippen LogP contribution in [0.4, 0.5) is 24.8 Å². The second-order valence-corrected chi connectivity index (χ2v) is 5.94. The molecular weight excluding hydrogens is 401 g/mol. The van der Waals surface area contributed by atoms with Crippen LogP contribution in [0.25, 0.3) is 0 Å². The van der Waals surface area contributed by atoms with Crippen molar-refractivity contribution in [2.24, 2.45) is 0 Å². The lowest BCUT2D eigenvalue weighted by atomic mass is 10.2. The number of anilines is 2. The van der Waals surface area contributed by atoms with E-state index in [1.54, 1.807) is 30.3 Å². The van der Waals surface area contributed by atoms with Gasteiger partial charge in [-0.2, -0.15) is 18.2 Å². The molecule has 10 heteroatoms. The van der Waals surface area contributed by atoms with E-state index in [1.807, 2.05) is 0 Å². The molecule has 3 aromatic rings. The topological polar surface area (TPSA) is 85.4 Å². The molecule has 2 aromatic carbocycles. The van der Waals surface area contributed by atoms with Gasteiger partial charge < -0.3 is 20.1 Å². The molecule has 0 fully saturated rings. The molecule has 1 amide bonds. The van der Waals surface area contributed by atoms with Gasteiger partial charge in [-0.25, -0.2) is 4.98 Å². The third-order valence-corrected chi connectivity index (χ3v) is 3.97. The summed E-state index contributed by atoms with van der Waals surface area (Å²) in [6, 6.07) is 12.6. The number of nitrogens with one attached hydrogen (secondary N) is 2. The standard InChI is InChI=1S/C20H17F3N4O3/c1-24-17(28)14-5-3-4-6-16(14)30-18-15(20(21,22)23)11-25-19(27-18)26-12-7-9-13(29-2)10-8-12/h3-11H,1-2H3,(H,24,28)(H,25,26,27). The Labute approximate surface area is 169 Å². The number of alkyl halides is 3. The highest BCUT2D eigenvalue weighted by molar-refractivity contribution is 5.96. The summed E-state index contributed by atoms with van der Waals surface area (Å²) in [6.45, 7) is 0. The van der Waals surface area contributed by atoms with Crippen molar-refractivity contribution in [2.75, 3.05) is 19.5 Å². The normalized spacial score (nSPS) is 11.0. The molecule has 0 spiro atoms. The molecule has 2 N–H and O–H groups in total. The first-order valence-electron chi connectivity index (χ1n) is 8.66. The number of hydrogen-bond acceptors (Lipinski definition) is 6. The fourth-order valence-electron chi connectivity index (χ4n) is 2.48. The van der Waals surface area contributed by atoms with Crippen molar-refractivity contribution in [1.29, 1.82) is 0 Å². The van der Waals surface area contributed by atoms with Gasteiger partial charge in [-0.3, -0.25) is 4.79 Å². The van der Waals surface area contributed by atoms with Crippen molar-refractivity contribution >= 4 is 17.5 Å². The highest BCUT2D eigenvalue weighted by atomic mass is 19.4. The van der Waals surface area contributed by atoms with Gasteiger partial charge in [0, 0.05) is 18.9 Å². The molecule has 0 aliphatic carbocycles. The summed E-state index contributed by atoms with van der Waals surface area (Å²) in [7, 11) is 2.92. The minimum absolute atomic E-state index is 0.0661. The second-order valence-electron chi connectivity index (χ2n) is 5.94. The minimum Gasteiger partial charge on any atom is -0.497 e. The van der Waals surface area contributed by atoms with Gasteiger partial charge >= 0.3 is 6.18 Å². The number of ether oxygens (including phenoxy) is 2. The Balaban J connectivity index is 1.97. The summed E-state index contributed by atoms with van der Waals surface area (Å²) in [5.74, 6) is -0.810. The van der Waals surface area contributed by atoms with Crippen LogP contribution in [0.15, 0.2) is 54.7 Å². The van der Waals surface area contributed by atoms with Gasteiger partial charge in [0.15, 0.2) is 0 Å². The molecule has 0 saturated heterocycles. The average molecular weight is 418 g/mol. The van der Waals surface area contributed by atoms with Gasteiger partial charge in [0.2, 0.25) is 11.8 Å². The lowest BCUT2D eigenvalue weighted by Gasteiger charge is -2.15. The second kappa shape index (κ2) is 8.68. The Morgan fingerprint density at radius 2 is 1.77 bits per heavy atom. The van der Waals surface area contributed by atoms with Crippen LogP contribution in [-0.2, 0) is 6.18 Å². The summed E-state index contributed by atoms with van der Waals surface area (Å²) in [5.41, 5.74) is -0.571. The molecule has 0 aliphatic heterocycles. The number of para-hydroxylation sites is 1. The fourth-order valence-corrected chi connectivity index (χ4v) is 2.48. The number of nitrogens with zero attached hydrogens (tertiary/aromatic N) is 2. The Bertz CT molecular complexity index is 1040. The molecule has 156 valence electrons. The zero-order valence-electron chi connectivity index (χ0n) is 15.9. The molecule has 1 heterocycles. The Hall–Kier alpha value is -3.82. The first kappa shape index (κ1) is 20.9. The highest BCUT2D eigenvalue weighted by Gasteiger charge is 2.36. The lowest BCUT2D eigenvalue weighted by molar-refractivity contribution is -0.139. The van der Waals surface area contributed by atoms with Crippen LogP contribution < -0.4 is 20.1 Å². The fraction of sp³-hybridized carbons (Fsp3) is 0.150. The van der Waals surface area contributed by atoms with Gasteiger partial charge in [-0.05, 0) is 36.4 Å². The third-order valence-electron chi connectivity index (χ3n) is 3.97. The quantitative estimate of drug-likeness (QED) is 0.617. The molecule has 0 unspecified atom stereocenters. The molecular formula is C20H17F3N4O3. The van der Waals surface area contributed by atoms with Crippen LogP contribution in [0, 0.1) is 0 Å². The zero-order valence-corrected chi connectivity index (χ0v) is 15.9. The van der Waals surface area contributed by atoms with Crippen LogP contribution in [0.5, 0.6) is 17.4 Å². The number of rotatable bonds is 6. The summed E-state index contributed by atoms with van der Waals surface area (Å²) in [6.07, 6.45) is -4.13. The van der Waals surface area contributed by atoms with E-state index < -0.39 is 23.5 Å². The molecule has 7 nitrogen and oxygen atoms in total. The zero-order chi connectivity index (χ0) is 21.7. The summed E-state index contributed by atoms with van der Waals surface area (Å²) in [5, 5.41) is 5.21. The van der Waals surface area contributed by atoms with Crippen LogP contribution in [-0.4, -0.2) is 30.0 Å². The molecule has 0 saturated carbocycles. The maximum Gasteiger partial charge on any atom is 0.423 e. The molecule has 1 aromatic heterocycles. The SMILES string of the molecule is CNC(=O)c1ccccc1Oc1nc(Nc2ccc(OC)cc2)ncc1C(F)(F)F. The Kier molecular flexibility index (Phi) is 6.05. The van der Waals surface area contributed by atoms with Gasteiger partial charge in [-0.15, -0.1) is 0 Å². The molecule has 30 heavy (non-hydrogen) atoms. The van der Waals surface area contributed by atoms with E-state index in [9.17, 15) is 18.0 Å². The lowest BCUT2D eigenvalue weighted by Crippen LogP contribution is -2.19. The maximum absolute atomic E-state index is 13.4. The number of carbonyl (C=O) groups is 1. The first-order valence-corrected chi connectivity index (χ1v) is 8.66. The Morgan fingerprint density at radius 3 is 2.40 bits per heavy atom. The van der Waals surface area contributed by atoms with E-state index in [4.69, 9.17) is 9.47 Å². The number of aromatic nitrogens is 2. The number of carbonyl (C=O) groups excluding carboxylic acids is 1.